The molecule has 0 saturated heterocycles. The Morgan fingerprint density at radius 3 is 2.19 bits per heavy atom. The van der Waals surface area contributed by atoms with Gasteiger partial charge in [-0.05, 0) is 35.2 Å². The molecule has 248 valence electrons. The van der Waals surface area contributed by atoms with Crippen LogP contribution in [0, 0.1) is 0 Å². The smallest absolute Gasteiger partial charge is 0.246 e. The van der Waals surface area contributed by atoms with Gasteiger partial charge < -0.3 is 37.3 Å². The van der Waals surface area contributed by atoms with Gasteiger partial charge in [-0.25, -0.2) is 4.98 Å². The van der Waals surface area contributed by atoms with Crippen molar-refractivity contribution in [2.45, 2.75) is 69.7 Å². The Kier molecular flexibility index (Phi) is 11.7. The number of H-pyrrole nitrogens is 1. The molecule has 0 unspecified atom stereocenters. The van der Waals surface area contributed by atoms with Crippen LogP contribution in [0.4, 0.5) is 0 Å². The predicted molar refractivity (Wildman–Crippen MR) is 171 cm³/mol. The summed E-state index contributed by atoms with van der Waals surface area (Å²) < 4.78 is 0. The quantitative estimate of drug-likeness (QED) is 0.139. The molecule has 8 N–H and O–H groups in total. The first-order chi connectivity index (χ1) is 22.4. The predicted octanol–water partition coefficient (Wildman–Crippen LogP) is 0.0269. The van der Waals surface area contributed by atoms with Crippen molar-refractivity contribution in [2.24, 2.45) is 11.5 Å². The van der Waals surface area contributed by atoms with Crippen LogP contribution >= 0.6 is 11.6 Å². The Bertz CT molecular complexity index is 1610. The number of carbonyl (C=O) groups is 6. The van der Waals surface area contributed by atoms with E-state index in [0.29, 0.717) is 16.3 Å². The first-order valence-electron chi connectivity index (χ1n) is 15.0. The first kappa shape index (κ1) is 34.6. The molecule has 3 aromatic rings. The van der Waals surface area contributed by atoms with E-state index in [0.717, 1.165) is 11.1 Å². The molecule has 0 saturated carbocycles. The zero-order valence-electron chi connectivity index (χ0n) is 25.7. The monoisotopic (exact) mass is 664 g/mol. The number of amides is 6. The van der Waals surface area contributed by atoms with Crippen molar-refractivity contribution in [1.29, 1.82) is 0 Å². The molecule has 15 heteroatoms. The Morgan fingerprint density at radius 2 is 1.57 bits per heavy atom. The molecule has 1 aliphatic rings. The lowest BCUT2D eigenvalue weighted by Crippen LogP contribution is -2.60. The highest BCUT2D eigenvalue weighted by Gasteiger charge is 2.38. The number of aromatic amines is 1. The van der Waals surface area contributed by atoms with E-state index < -0.39 is 59.6 Å². The van der Waals surface area contributed by atoms with Gasteiger partial charge in [-0.1, -0.05) is 48.0 Å². The Hall–Kier alpha value is -5.24. The summed E-state index contributed by atoms with van der Waals surface area (Å²) in [5.74, 6) is -3.94. The molecule has 4 atom stereocenters. The van der Waals surface area contributed by atoms with Crippen molar-refractivity contribution < 1.29 is 28.8 Å². The molecular weight excluding hydrogens is 628 g/mol. The van der Waals surface area contributed by atoms with E-state index >= 15 is 0 Å². The lowest BCUT2D eigenvalue weighted by molar-refractivity contribution is -0.144. The molecule has 0 bridgehead atoms. The molecular formula is C32H37ClN8O6. The van der Waals surface area contributed by atoms with Crippen LogP contribution in [0.1, 0.15) is 42.1 Å². The number of imidazole rings is 1. The van der Waals surface area contributed by atoms with E-state index in [4.69, 9.17) is 23.1 Å². The summed E-state index contributed by atoms with van der Waals surface area (Å²) in [4.78, 5) is 85.7. The summed E-state index contributed by atoms with van der Waals surface area (Å²) in [5.41, 5.74) is 14.0. The minimum atomic E-state index is -1.32. The van der Waals surface area contributed by atoms with Gasteiger partial charge in [0, 0.05) is 56.1 Å². The van der Waals surface area contributed by atoms with Gasteiger partial charge in [0.05, 0.1) is 6.33 Å². The van der Waals surface area contributed by atoms with Crippen LogP contribution < -0.4 is 27.4 Å². The van der Waals surface area contributed by atoms with Gasteiger partial charge >= 0.3 is 0 Å². The van der Waals surface area contributed by atoms with Crippen LogP contribution in [-0.2, 0) is 54.6 Å². The number of rotatable bonds is 14. The molecule has 14 nitrogen and oxygen atoms in total. The average Bonchev–Trinajstić information content (AvgIpc) is 3.55. The summed E-state index contributed by atoms with van der Waals surface area (Å²) in [5, 5.41) is 8.36. The maximum atomic E-state index is 14.2. The molecule has 6 amide bonds. The van der Waals surface area contributed by atoms with Gasteiger partial charge in [-0.2, -0.15) is 0 Å². The minimum Gasteiger partial charge on any atom is -0.370 e. The Labute approximate surface area is 276 Å². The molecule has 0 aliphatic carbocycles. The van der Waals surface area contributed by atoms with Crippen LogP contribution in [0.3, 0.4) is 0 Å². The standard InChI is InChI=1S/C32H37ClN8O6/c1-18(42)38-25(14-23-15-36-17-37-23)31(46)39-24(10-11-28(34)43)30(45)40-26(12-19-6-8-22(33)9-7-19)32(47)41-16-21-5-3-2-4-20(21)13-27(41)29(35)44/h2-9,15,17,24-27H,10-14,16H2,1H3,(H2,34,43)(H2,35,44)(H,36,37)(H,38,42)(H,39,46)(H,40,45)/t24-,25-,26+,27-/m0/s1. The van der Waals surface area contributed by atoms with E-state index in [1.54, 1.807) is 24.3 Å². The van der Waals surface area contributed by atoms with Gasteiger partial charge in [-0.15, -0.1) is 0 Å². The van der Waals surface area contributed by atoms with Crippen molar-refractivity contribution in [1.82, 2.24) is 30.8 Å². The van der Waals surface area contributed by atoms with Crippen molar-refractivity contribution in [2.75, 3.05) is 0 Å². The average molecular weight is 665 g/mol. The summed E-state index contributed by atoms with van der Waals surface area (Å²) in [6.45, 7) is 1.33. The zero-order valence-corrected chi connectivity index (χ0v) is 26.5. The maximum absolute atomic E-state index is 14.2. The zero-order chi connectivity index (χ0) is 34.1. The largest absolute Gasteiger partial charge is 0.370 e. The van der Waals surface area contributed by atoms with E-state index in [9.17, 15) is 28.8 Å². The number of hydrogen-bond acceptors (Lipinski definition) is 7. The summed E-state index contributed by atoms with van der Waals surface area (Å²) in [6.07, 6.45) is 2.72. The van der Waals surface area contributed by atoms with Gasteiger partial charge in [0.1, 0.15) is 24.2 Å². The molecule has 0 spiro atoms. The van der Waals surface area contributed by atoms with Crippen molar-refractivity contribution in [3.63, 3.8) is 0 Å². The third-order valence-electron chi connectivity index (χ3n) is 7.81. The Morgan fingerprint density at radius 1 is 0.915 bits per heavy atom. The molecule has 1 aromatic heterocycles. The van der Waals surface area contributed by atoms with Crippen LogP contribution in [-0.4, -0.2) is 74.5 Å². The first-order valence-corrected chi connectivity index (χ1v) is 15.3. The van der Waals surface area contributed by atoms with E-state index in [2.05, 4.69) is 25.9 Å². The highest BCUT2D eigenvalue weighted by Crippen LogP contribution is 2.25. The number of nitrogens with one attached hydrogen (secondary N) is 4. The number of nitrogens with two attached hydrogens (primary N) is 2. The van der Waals surface area contributed by atoms with E-state index in [1.807, 2.05) is 24.3 Å². The Balaban J connectivity index is 1.61. The third kappa shape index (κ3) is 9.63. The summed E-state index contributed by atoms with van der Waals surface area (Å²) in [7, 11) is 0. The van der Waals surface area contributed by atoms with E-state index in [-0.39, 0.29) is 38.6 Å². The molecule has 0 radical (unpaired) electrons. The number of carbonyl (C=O) groups excluding carboxylic acids is 6. The number of hydrogen-bond donors (Lipinski definition) is 6. The van der Waals surface area contributed by atoms with Crippen LogP contribution in [0.2, 0.25) is 5.02 Å². The van der Waals surface area contributed by atoms with Gasteiger partial charge in [0.15, 0.2) is 0 Å². The van der Waals surface area contributed by atoms with E-state index in [1.165, 1.54) is 24.3 Å². The summed E-state index contributed by atoms with van der Waals surface area (Å²) in [6, 6.07) is 9.48. The lowest BCUT2D eigenvalue weighted by Gasteiger charge is -2.37. The fraction of sp³-hybridized carbons (Fsp3) is 0.344. The number of fused-ring (bicyclic) bond motifs is 1. The summed E-state index contributed by atoms with van der Waals surface area (Å²) >= 11 is 6.06. The number of benzene rings is 2. The molecule has 1 aliphatic heterocycles. The van der Waals surface area contributed by atoms with Crippen LogP contribution in [0.25, 0.3) is 0 Å². The fourth-order valence-electron chi connectivity index (χ4n) is 5.44. The van der Waals surface area contributed by atoms with Crippen molar-refractivity contribution in [3.8, 4) is 0 Å². The number of aromatic nitrogens is 2. The molecule has 4 rings (SSSR count). The van der Waals surface area contributed by atoms with Gasteiger partial charge in [-0.3, -0.25) is 28.8 Å². The van der Waals surface area contributed by atoms with Crippen molar-refractivity contribution in [3.05, 3.63) is 88.5 Å². The van der Waals surface area contributed by atoms with Gasteiger partial charge in [0.2, 0.25) is 35.4 Å². The fourth-order valence-corrected chi connectivity index (χ4v) is 5.56. The maximum Gasteiger partial charge on any atom is 0.246 e. The van der Waals surface area contributed by atoms with Crippen LogP contribution in [0.15, 0.2) is 61.1 Å². The highest BCUT2D eigenvalue weighted by atomic mass is 35.5. The number of nitrogens with zero attached hydrogens (tertiary/aromatic N) is 2. The number of halogens is 1. The van der Waals surface area contributed by atoms with Crippen LogP contribution in [0.5, 0.6) is 0 Å². The normalized spacial score (nSPS) is 15.8. The molecule has 2 aromatic carbocycles. The second-order valence-electron chi connectivity index (χ2n) is 11.3. The number of primary amides is 2. The molecule has 0 fully saturated rings. The second-order valence-corrected chi connectivity index (χ2v) is 11.8. The molecule has 47 heavy (non-hydrogen) atoms. The second kappa shape index (κ2) is 15.9. The molecule has 2 heterocycles. The third-order valence-corrected chi connectivity index (χ3v) is 8.06. The SMILES string of the molecule is CC(=O)N[C@@H](Cc1cnc[nH]1)C(=O)N[C@@H](CCC(N)=O)C(=O)N[C@H](Cc1ccc(Cl)cc1)C(=O)N1Cc2ccccc2C[C@H]1C(N)=O. The minimum absolute atomic E-state index is 0.0101. The van der Waals surface area contributed by atoms with Crippen molar-refractivity contribution >= 4 is 47.0 Å². The lowest BCUT2D eigenvalue weighted by atomic mass is 9.92. The van der Waals surface area contributed by atoms with Gasteiger partial charge in [0.25, 0.3) is 0 Å². The highest BCUT2D eigenvalue weighted by molar-refractivity contribution is 6.30. The topological polar surface area (TPSA) is 222 Å².